The zero-order chi connectivity index (χ0) is 30.3. The van der Waals surface area contributed by atoms with E-state index in [1.54, 1.807) is 13.2 Å². The molecule has 0 unspecified atom stereocenters. The lowest BCUT2D eigenvalue weighted by Crippen LogP contribution is -2.42. The first-order chi connectivity index (χ1) is 20.0. The molecule has 42 heavy (non-hydrogen) atoms. The summed E-state index contributed by atoms with van der Waals surface area (Å²) in [5.74, 6) is -2.13. The molecule has 2 aromatic carbocycles. The van der Waals surface area contributed by atoms with Gasteiger partial charge in [0.1, 0.15) is 15.9 Å². The van der Waals surface area contributed by atoms with Gasteiger partial charge in [0.15, 0.2) is 0 Å². The second-order valence-corrected chi connectivity index (χ2v) is 15.6. The number of amides is 1. The largest absolute Gasteiger partial charge is 0.480 e. The van der Waals surface area contributed by atoms with E-state index >= 15 is 0 Å². The number of rotatable bonds is 13. The maximum absolute atomic E-state index is 13.5. The number of benzene rings is 2. The molecule has 8 nitrogen and oxygen atoms in total. The highest BCUT2D eigenvalue weighted by molar-refractivity contribution is 8.00. The van der Waals surface area contributed by atoms with Crippen molar-refractivity contribution in [3.8, 4) is 11.1 Å². The van der Waals surface area contributed by atoms with E-state index in [2.05, 4.69) is 22.0 Å². The Morgan fingerprint density at radius 3 is 2.50 bits per heavy atom. The van der Waals surface area contributed by atoms with E-state index in [0.717, 1.165) is 53.3 Å². The first-order valence-corrected chi connectivity index (χ1v) is 17.8. The fourth-order valence-electron chi connectivity index (χ4n) is 6.11. The Morgan fingerprint density at radius 1 is 1.10 bits per heavy atom. The van der Waals surface area contributed by atoms with Crippen molar-refractivity contribution in [3.05, 3.63) is 59.2 Å². The first kappa shape index (κ1) is 32.5. The highest BCUT2D eigenvalue weighted by Crippen LogP contribution is 2.37. The number of ether oxygens (including phenoxy) is 1. The number of carbonyl (C=O) groups excluding carboxylic acids is 1. The van der Waals surface area contributed by atoms with E-state index in [0.29, 0.717) is 23.5 Å². The Bertz CT molecular complexity index is 1340. The lowest BCUT2D eigenvalue weighted by atomic mass is 9.93. The van der Waals surface area contributed by atoms with Crippen LogP contribution in [0, 0.1) is 6.92 Å². The summed E-state index contributed by atoms with van der Waals surface area (Å²) in [4.78, 5) is 27.8. The predicted octanol–water partition coefficient (Wildman–Crippen LogP) is 4.93. The fourth-order valence-corrected chi connectivity index (χ4v) is 8.54. The Labute approximate surface area is 254 Å². The van der Waals surface area contributed by atoms with Gasteiger partial charge >= 0.3 is 5.97 Å². The first-order valence-electron chi connectivity index (χ1n) is 14.8. The molecule has 1 saturated carbocycles. The lowest BCUT2D eigenvalue weighted by molar-refractivity contribution is -0.139. The minimum atomic E-state index is -3.38. The molecule has 10 heteroatoms. The number of nitrogens with one attached hydrogen (secondary N) is 1. The van der Waals surface area contributed by atoms with Crippen LogP contribution in [0.4, 0.5) is 0 Å². The number of carboxylic acids is 1. The van der Waals surface area contributed by atoms with Gasteiger partial charge in [0, 0.05) is 48.6 Å². The van der Waals surface area contributed by atoms with Crippen molar-refractivity contribution in [1.82, 2.24) is 10.2 Å². The quantitative estimate of drug-likeness (QED) is 0.326. The van der Waals surface area contributed by atoms with Crippen LogP contribution in [0.5, 0.6) is 0 Å². The standard InChI is InChI=1S/C32H44N2O6S2/c1-22-9-7-8-12-27(22)29-17-23(13-14-28(29)31(35)33-30(32(36)37)15-16-42(3,38)39)19-34-20-26(18-24(34)21-40-2)41-25-10-5-4-6-11-25/h7-9,12-14,17,24-26,30H,4-6,10-11,15-16,18-21H2,1-3H3,(H,33,35)(H,36,37)/t24-,26+,30+/m1/s1. The van der Waals surface area contributed by atoms with E-state index in [1.165, 1.54) is 32.1 Å². The van der Waals surface area contributed by atoms with Gasteiger partial charge in [-0.25, -0.2) is 13.2 Å². The topological polar surface area (TPSA) is 113 Å². The maximum atomic E-state index is 13.5. The van der Waals surface area contributed by atoms with Crippen molar-refractivity contribution in [2.75, 3.05) is 32.3 Å². The Balaban J connectivity index is 1.57. The molecular formula is C32H44N2O6S2. The van der Waals surface area contributed by atoms with Gasteiger partial charge in [-0.15, -0.1) is 0 Å². The van der Waals surface area contributed by atoms with Crippen molar-refractivity contribution in [3.63, 3.8) is 0 Å². The molecule has 2 fully saturated rings. The molecule has 2 aromatic rings. The Kier molecular flexibility index (Phi) is 11.5. The van der Waals surface area contributed by atoms with E-state index in [-0.39, 0.29) is 12.2 Å². The van der Waals surface area contributed by atoms with Crippen molar-refractivity contribution < 1.29 is 27.9 Å². The van der Waals surface area contributed by atoms with Crippen LogP contribution < -0.4 is 5.32 Å². The number of hydrogen-bond donors (Lipinski definition) is 2. The van der Waals surface area contributed by atoms with Gasteiger partial charge in [-0.1, -0.05) is 49.6 Å². The highest BCUT2D eigenvalue weighted by atomic mass is 32.2. The van der Waals surface area contributed by atoms with E-state index < -0.39 is 27.8 Å². The summed E-state index contributed by atoms with van der Waals surface area (Å²) in [6, 6.07) is 12.6. The number of aryl methyl sites for hydroxylation is 1. The molecule has 0 radical (unpaired) electrons. The van der Waals surface area contributed by atoms with Crippen LogP contribution in [-0.2, 0) is 25.9 Å². The van der Waals surface area contributed by atoms with Crippen molar-refractivity contribution in [1.29, 1.82) is 0 Å². The van der Waals surface area contributed by atoms with Crippen LogP contribution in [0.1, 0.15) is 66.4 Å². The zero-order valence-corrected chi connectivity index (χ0v) is 26.5. The monoisotopic (exact) mass is 616 g/mol. The number of aliphatic carboxylic acids is 1. The van der Waals surface area contributed by atoms with Gasteiger partial charge in [-0.05, 0) is 67.0 Å². The number of thioether (sulfide) groups is 1. The molecule has 0 bridgehead atoms. The van der Waals surface area contributed by atoms with Crippen LogP contribution in [0.25, 0.3) is 11.1 Å². The van der Waals surface area contributed by atoms with E-state index in [1.807, 2.05) is 43.3 Å². The Morgan fingerprint density at radius 2 is 1.83 bits per heavy atom. The molecular weight excluding hydrogens is 572 g/mol. The van der Waals surface area contributed by atoms with Gasteiger partial charge in [0.25, 0.3) is 5.91 Å². The summed E-state index contributed by atoms with van der Waals surface area (Å²) in [5, 5.41) is 13.6. The van der Waals surface area contributed by atoms with Crippen molar-refractivity contribution >= 4 is 33.5 Å². The minimum absolute atomic E-state index is 0.201. The Hall–Kier alpha value is -2.40. The molecule has 1 amide bonds. The number of nitrogens with zero attached hydrogens (tertiary/aromatic N) is 1. The third-order valence-electron chi connectivity index (χ3n) is 8.32. The van der Waals surface area contributed by atoms with Gasteiger partial charge < -0.3 is 15.2 Å². The third kappa shape index (κ3) is 9.05. The number of carboxylic acid groups (broad SMARTS) is 1. The second-order valence-electron chi connectivity index (χ2n) is 11.8. The fraction of sp³-hybridized carbons (Fsp3) is 0.562. The molecule has 1 saturated heterocycles. The van der Waals surface area contributed by atoms with E-state index in [9.17, 15) is 23.1 Å². The molecule has 4 rings (SSSR count). The van der Waals surface area contributed by atoms with Crippen LogP contribution in [-0.4, -0.2) is 85.2 Å². The normalized spacial score (nSPS) is 20.8. The molecule has 2 aliphatic rings. The highest BCUT2D eigenvalue weighted by Gasteiger charge is 2.34. The van der Waals surface area contributed by atoms with Gasteiger partial charge in [0.05, 0.1) is 12.4 Å². The van der Waals surface area contributed by atoms with Gasteiger partial charge in [-0.3, -0.25) is 9.69 Å². The molecule has 2 N–H and O–H groups in total. The molecule has 230 valence electrons. The molecule has 1 aliphatic heterocycles. The number of methoxy groups -OCH3 is 1. The summed E-state index contributed by atoms with van der Waals surface area (Å²) in [5.41, 5.74) is 4.05. The van der Waals surface area contributed by atoms with Crippen molar-refractivity contribution in [2.24, 2.45) is 0 Å². The van der Waals surface area contributed by atoms with Crippen LogP contribution in [0.15, 0.2) is 42.5 Å². The van der Waals surface area contributed by atoms with Crippen LogP contribution >= 0.6 is 11.8 Å². The minimum Gasteiger partial charge on any atom is -0.480 e. The zero-order valence-electron chi connectivity index (χ0n) is 24.9. The number of likely N-dealkylation sites (tertiary alicyclic amines) is 1. The third-order valence-corrected chi connectivity index (χ3v) is 10.9. The molecule has 0 spiro atoms. The molecule has 0 aromatic heterocycles. The number of sulfone groups is 1. The molecule has 3 atom stereocenters. The average molecular weight is 617 g/mol. The maximum Gasteiger partial charge on any atom is 0.326 e. The van der Waals surface area contributed by atoms with Crippen LogP contribution in [0.3, 0.4) is 0 Å². The summed E-state index contributed by atoms with van der Waals surface area (Å²) < 4.78 is 28.9. The number of carbonyl (C=O) groups is 2. The predicted molar refractivity (Wildman–Crippen MR) is 169 cm³/mol. The van der Waals surface area contributed by atoms with E-state index in [4.69, 9.17) is 4.74 Å². The lowest BCUT2D eigenvalue weighted by Gasteiger charge is -2.25. The molecule has 1 aliphatic carbocycles. The smallest absolute Gasteiger partial charge is 0.326 e. The summed E-state index contributed by atoms with van der Waals surface area (Å²) in [6.45, 7) is 4.38. The van der Waals surface area contributed by atoms with Gasteiger partial charge in [-0.2, -0.15) is 11.8 Å². The SMILES string of the molecule is COC[C@H]1C[C@H](SC2CCCCC2)CN1Cc1ccc(C(=O)N[C@@H](CCS(C)(=O)=O)C(=O)O)c(-c2ccccc2C)c1. The summed E-state index contributed by atoms with van der Waals surface area (Å²) in [6.07, 6.45) is 8.61. The second kappa shape index (κ2) is 14.9. The number of hydrogen-bond acceptors (Lipinski definition) is 7. The average Bonchev–Trinajstić information content (AvgIpc) is 3.31. The van der Waals surface area contributed by atoms with Gasteiger partial charge in [0.2, 0.25) is 0 Å². The summed E-state index contributed by atoms with van der Waals surface area (Å²) >= 11 is 2.16. The molecule has 1 heterocycles. The summed E-state index contributed by atoms with van der Waals surface area (Å²) in [7, 11) is -1.62. The van der Waals surface area contributed by atoms with Crippen molar-refractivity contribution in [2.45, 2.75) is 81.0 Å². The van der Waals surface area contributed by atoms with Crippen LogP contribution in [0.2, 0.25) is 0 Å².